The molecule has 0 saturated carbocycles. The van der Waals surface area contributed by atoms with Gasteiger partial charge in [0.15, 0.2) is 0 Å². The van der Waals surface area contributed by atoms with Crippen molar-refractivity contribution in [2.45, 2.75) is 43.2 Å². The van der Waals surface area contributed by atoms with Crippen LogP contribution in [0.5, 0.6) is 5.75 Å². The molecule has 5 heteroatoms. The Morgan fingerprint density at radius 1 is 1.26 bits per heavy atom. The standard InChI is InChI=1S/C22H27NO3S/c1-3-20(16-10-12-17(25-2)13-11-16)23-22(24)19-8-4-5-9-21(19)27-15-18-7-6-14-26-18/h4-5,8-13,18,20H,3,6-7,14-15H2,1-2H3,(H,23,24). The molecule has 2 atom stereocenters. The summed E-state index contributed by atoms with van der Waals surface area (Å²) < 4.78 is 10.9. The molecule has 3 rings (SSSR count). The maximum atomic E-state index is 12.9. The highest BCUT2D eigenvalue weighted by molar-refractivity contribution is 7.99. The van der Waals surface area contributed by atoms with E-state index in [9.17, 15) is 4.79 Å². The normalized spacial score (nSPS) is 17.5. The first-order valence-corrected chi connectivity index (χ1v) is 10.5. The van der Waals surface area contributed by atoms with Crippen LogP contribution in [0.4, 0.5) is 0 Å². The van der Waals surface area contributed by atoms with Crippen LogP contribution >= 0.6 is 11.8 Å². The maximum absolute atomic E-state index is 12.9. The van der Waals surface area contributed by atoms with Gasteiger partial charge in [0.1, 0.15) is 5.75 Å². The number of amides is 1. The van der Waals surface area contributed by atoms with Crippen molar-refractivity contribution in [3.63, 3.8) is 0 Å². The first-order valence-electron chi connectivity index (χ1n) is 9.49. The van der Waals surface area contributed by atoms with Gasteiger partial charge >= 0.3 is 0 Å². The summed E-state index contributed by atoms with van der Waals surface area (Å²) in [6.45, 7) is 2.93. The van der Waals surface area contributed by atoms with E-state index in [0.29, 0.717) is 6.10 Å². The Morgan fingerprint density at radius 3 is 2.70 bits per heavy atom. The number of benzene rings is 2. The lowest BCUT2D eigenvalue weighted by molar-refractivity contribution is 0.0932. The lowest BCUT2D eigenvalue weighted by Crippen LogP contribution is -2.28. The van der Waals surface area contributed by atoms with Crippen molar-refractivity contribution in [1.29, 1.82) is 0 Å². The minimum absolute atomic E-state index is 0.0281. The lowest BCUT2D eigenvalue weighted by Gasteiger charge is -2.19. The molecule has 4 nitrogen and oxygen atoms in total. The van der Waals surface area contributed by atoms with Crippen molar-refractivity contribution in [2.75, 3.05) is 19.5 Å². The molecule has 1 saturated heterocycles. The van der Waals surface area contributed by atoms with E-state index < -0.39 is 0 Å². The third-order valence-corrected chi connectivity index (χ3v) is 6.02. The van der Waals surface area contributed by atoms with E-state index >= 15 is 0 Å². The molecule has 0 aromatic heterocycles. The molecule has 1 aliphatic heterocycles. The van der Waals surface area contributed by atoms with E-state index in [1.165, 1.54) is 0 Å². The van der Waals surface area contributed by atoms with E-state index in [0.717, 1.165) is 53.4 Å². The van der Waals surface area contributed by atoms with Gasteiger partial charge in [-0.1, -0.05) is 31.2 Å². The summed E-state index contributed by atoms with van der Waals surface area (Å²) in [4.78, 5) is 14.0. The monoisotopic (exact) mass is 385 g/mol. The van der Waals surface area contributed by atoms with Gasteiger partial charge in [0.2, 0.25) is 0 Å². The molecule has 0 aliphatic carbocycles. The number of carbonyl (C=O) groups excluding carboxylic acids is 1. The molecule has 2 aromatic rings. The van der Waals surface area contributed by atoms with Gasteiger partial charge in [-0.3, -0.25) is 4.79 Å². The Bertz CT molecular complexity index is 741. The summed E-state index contributed by atoms with van der Waals surface area (Å²) >= 11 is 1.71. The van der Waals surface area contributed by atoms with Gasteiger partial charge in [0, 0.05) is 17.3 Å². The molecule has 1 amide bonds. The number of thioether (sulfide) groups is 1. The zero-order valence-electron chi connectivity index (χ0n) is 15.9. The van der Waals surface area contributed by atoms with E-state index in [1.54, 1.807) is 18.9 Å². The highest BCUT2D eigenvalue weighted by atomic mass is 32.2. The molecular formula is C22H27NO3S. The second-order valence-electron chi connectivity index (χ2n) is 6.65. The molecule has 1 fully saturated rings. The van der Waals surface area contributed by atoms with Crippen LogP contribution in [0.3, 0.4) is 0 Å². The Hall–Kier alpha value is -1.98. The van der Waals surface area contributed by atoms with Crippen LogP contribution in [0.1, 0.15) is 48.1 Å². The summed E-state index contributed by atoms with van der Waals surface area (Å²) in [7, 11) is 1.65. The van der Waals surface area contributed by atoms with Gasteiger partial charge in [0.05, 0.1) is 24.8 Å². The van der Waals surface area contributed by atoms with Gasteiger partial charge in [0.25, 0.3) is 5.91 Å². The Labute approximate surface area is 165 Å². The number of hydrogen-bond donors (Lipinski definition) is 1. The van der Waals surface area contributed by atoms with Crippen molar-refractivity contribution < 1.29 is 14.3 Å². The minimum Gasteiger partial charge on any atom is -0.497 e. The maximum Gasteiger partial charge on any atom is 0.252 e. The van der Waals surface area contributed by atoms with Crippen LogP contribution in [0, 0.1) is 0 Å². The van der Waals surface area contributed by atoms with E-state index in [1.807, 2.05) is 48.5 Å². The van der Waals surface area contributed by atoms with E-state index in [-0.39, 0.29) is 11.9 Å². The van der Waals surface area contributed by atoms with Crippen molar-refractivity contribution in [2.24, 2.45) is 0 Å². The molecule has 2 unspecified atom stereocenters. The summed E-state index contributed by atoms with van der Waals surface area (Å²) in [5.74, 6) is 1.67. The number of hydrogen-bond acceptors (Lipinski definition) is 4. The third kappa shape index (κ3) is 5.27. The van der Waals surface area contributed by atoms with Crippen LogP contribution in [0.2, 0.25) is 0 Å². The summed E-state index contributed by atoms with van der Waals surface area (Å²) in [6, 6.07) is 15.6. The molecule has 0 spiro atoms. The van der Waals surface area contributed by atoms with Crippen LogP contribution in [-0.4, -0.2) is 31.5 Å². The molecule has 27 heavy (non-hydrogen) atoms. The SMILES string of the molecule is CCC(NC(=O)c1ccccc1SCC1CCCO1)c1ccc(OC)cc1. The summed E-state index contributed by atoms with van der Waals surface area (Å²) in [5, 5.41) is 3.18. The van der Waals surface area contributed by atoms with Crippen molar-refractivity contribution >= 4 is 17.7 Å². The summed E-state index contributed by atoms with van der Waals surface area (Å²) in [5.41, 5.74) is 1.81. The second-order valence-corrected chi connectivity index (χ2v) is 7.71. The predicted molar refractivity (Wildman–Crippen MR) is 110 cm³/mol. The topological polar surface area (TPSA) is 47.6 Å². The van der Waals surface area contributed by atoms with Gasteiger partial charge < -0.3 is 14.8 Å². The van der Waals surface area contributed by atoms with E-state index in [2.05, 4.69) is 12.2 Å². The van der Waals surface area contributed by atoms with Crippen LogP contribution in [0.25, 0.3) is 0 Å². The van der Waals surface area contributed by atoms with E-state index in [4.69, 9.17) is 9.47 Å². The lowest BCUT2D eigenvalue weighted by atomic mass is 10.0. The van der Waals surface area contributed by atoms with Crippen molar-refractivity contribution in [1.82, 2.24) is 5.32 Å². The number of ether oxygens (including phenoxy) is 2. The first kappa shape index (κ1) is 19.8. The Kier molecular flexibility index (Phi) is 7.18. The minimum atomic E-state index is -0.0342. The average Bonchev–Trinajstić information content (AvgIpc) is 3.24. The fourth-order valence-corrected chi connectivity index (χ4v) is 4.35. The second kappa shape index (κ2) is 9.81. The third-order valence-electron chi connectivity index (χ3n) is 4.81. The quantitative estimate of drug-likeness (QED) is 0.660. The van der Waals surface area contributed by atoms with Gasteiger partial charge in [-0.2, -0.15) is 0 Å². The number of nitrogens with one attached hydrogen (secondary N) is 1. The Morgan fingerprint density at radius 2 is 2.04 bits per heavy atom. The molecule has 1 aliphatic rings. The predicted octanol–water partition coefficient (Wildman–Crippen LogP) is 4.85. The van der Waals surface area contributed by atoms with Crippen LogP contribution in [-0.2, 0) is 4.74 Å². The molecule has 1 heterocycles. The molecule has 1 N–H and O–H groups in total. The van der Waals surface area contributed by atoms with Crippen molar-refractivity contribution in [3.05, 3.63) is 59.7 Å². The highest BCUT2D eigenvalue weighted by Gasteiger charge is 2.19. The highest BCUT2D eigenvalue weighted by Crippen LogP contribution is 2.28. The largest absolute Gasteiger partial charge is 0.497 e. The van der Waals surface area contributed by atoms with Crippen LogP contribution in [0.15, 0.2) is 53.4 Å². The van der Waals surface area contributed by atoms with Crippen molar-refractivity contribution in [3.8, 4) is 5.75 Å². The molecular weight excluding hydrogens is 358 g/mol. The first-order chi connectivity index (χ1) is 13.2. The molecule has 0 bridgehead atoms. The Balaban J connectivity index is 1.68. The van der Waals surface area contributed by atoms with Crippen LogP contribution < -0.4 is 10.1 Å². The number of rotatable bonds is 8. The fraction of sp³-hybridized carbons (Fsp3) is 0.409. The van der Waals surface area contributed by atoms with Gasteiger partial charge in [-0.25, -0.2) is 0 Å². The number of methoxy groups -OCH3 is 1. The molecule has 144 valence electrons. The average molecular weight is 386 g/mol. The zero-order valence-corrected chi connectivity index (χ0v) is 16.8. The van der Waals surface area contributed by atoms with Gasteiger partial charge in [-0.15, -0.1) is 11.8 Å². The van der Waals surface area contributed by atoms with Gasteiger partial charge in [-0.05, 0) is 49.1 Å². The summed E-state index contributed by atoms with van der Waals surface area (Å²) in [6.07, 6.45) is 3.36. The number of carbonyl (C=O) groups is 1. The molecule has 0 radical (unpaired) electrons. The molecule has 2 aromatic carbocycles. The fourth-order valence-electron chi connectivity index (χ4n) is 3.23. The smallest absolute Gasteiger partial charge is 0.252 e. The zero-order chi connectivity index (χ0) is 19.1.